The van der Waals surface area contributed by atoms with Gasteiger partial charge in [0.25, 0.3) is 5.91 Å². The van der Waals surface area contributed by atoms with Crippen LogP contribution in [0.2, 0.25) is 5.02 Å². The summed E-state index contributed by atoms with van der Waals surface area (Å²) in [6.07, 6.45) is 1.14. The predicted molar refractivity (Wildman–Crippen MR) is 82.3 cm³/mol. The van der Waals surface area contributed by atoms with Gasteiger partial charge in [-0.3, -0.25) is 14.9 Å². The normalized spacial score (nSPS) is 10.9. The molecule has 0 unspecified atom stereocenters. The van der Waals surface area contributed by atoms with Gasteiger partial charge in [-0.1, -0.05) is 23.7 Å². The molecule has 0 atom stereocenters. The summed E-state index contributed by atoms with van der Waals surface area (Å²) in [5.41, 5.74) is 0.594. The Labute approximate surface area is 135 Å². The molecule has 0 aliphatic carbocycles. The second kappa shape index (κ2) is 7.24. The largest absolute Gasteiger partial charge is 0.433 e. The lowest BCUT2D eigenvalue weighted by atomic mass is 10.2. The summed E-state index contributed by atoms with van der Waals surface area (Å²) in [4.78, 5) is 21.8. The predicted octanol–water partition coefficient (Wildman–Crippen LogP) is 3.06. The molecule has 23 heavy (non-hydrogen) atoms. The minimum absolute atomic E-state index is 0.0508. The molecule has 1 heterocycles. The topological polar surface area (TPSA) is 109 Å². The quantitative estimate of drug-likeness (QED) is 0.392. The van der Waals surface area contributed by atoms with E-state index in [4.69, 9.17) is 21.3 Å². The van der Waals surface area contributed by atoms with Gasteiger partial charge < -0.3 is 9.73 Å². The molecule has 0 spiro atoms. The van der Waals surface area contributed by atoms with Gasteiger partial charge >= 0.3 is 5.88 Å². The first kappa shape index (κ1) is 16.3. The van der Waals surface area contributed by atoms with Gasteiger partial charge in [-0.2, -0.15) is 5.26 Å². The lowest BCUT2D eigenvalue weighted by Gasteiger charge is -2.04. The van der Waals surface area contributed by atoms with Crippen molar-refractivity contribution < 1.29 is 14.1 Å². The van der Waals surface area contributed by atoms with E-state index in [-0.39, 0.29) is 17.9 Å². The zero-order valence-corrected chi connectivity index (χ0v) is 12.4. The monoisotopic (exact) mass is 331 g/mol. The third-order valence-electron chi connectivity index (χ3n) is 2.81. The maximum Gasteiger partial charge on any atom is 0.433 e. The smallest absolute Gasteiger partial charge is 0.401 e. The summed E-state index contributed by atoms with van der Waals surface area (Å²) >= 11 is 5.76. The van der Waals surface area contributed by atoms with Crippen molar-refractivity contribution in [3.8, 4) is 6.07 Å². The van der Waals surface area contributed by atoms with Crippen LogP contribution in [0.25, 0.3) is 6.08 Å². The fourth-order valence-electron chi connectivity index (χ4n) is 1.69. The van der Waals surface area contributed by atoms with Gasteiger partial charge in [0.2, 0.25) is 0 Å². The van der Waals surface area contributed by atoms with Gasteiger partial charge in [-0.25, -0.2) is 0 Å². The number of nitrogens with zero attached hydrogens (tertiary/aromatic N) is 2. The molecule has 0 saturated carbocycles. The average molecular weight is 332 g/mol. The van der Waals surface area contributed by atoms with E-state index >= 15 is 0 Å². The Kier molecular flexibility index (Phi) is 5.12. The first-order valence-electron chi connectivity index (χ1n) is 6.38. The SMILES string of the molecule is N#C/C(=C\c1ccc([N+](=O)[O-])o1)C(=O)NCc1ccc(Cl)cc1. The maximum absolute atomic E-state index is 12.0. The Morgan fingerprint density at radius 3 is 2.61 bits per heavy atom. The highest BCUT2D eigenvalue weighted by Crippen LogP contribution is 2.18. The van der Waals surface area contributed by atoms with Gasteiger partial charge in [0.15, 0.2) is 0 Å². The molecule has 1 N–H and O–H groups in total. The van der Waals surface area contributed by atoms with Crippen LogP contribution in [0.4, 0.5) is 5.88 Å². The summed E-state index contributed by atoms with van der Waals surface area (Å²) < 4.78 is 4.88. The van der Waals surface area contributed by atoms with Crippen molar-refractivity contribution in [3.63, 3.8) is 0 Å². The molecule has 1 amide bonds. The van der Waals surface area contributed by atoms with Crippen molar-refractivity contribution in [2.75, 3.05) is 0 Å². The number of hydrogen-bond acceptors (Lipinski definition) is 5. The highest BCUT2D eigenvalue weighted by molar-refractivity contribution is 6.30. The van der Waals surface area contributed by atoms with Gasteiger partial charge in [0.1, 0.15) is 22.3 Å². The van der Waals surface area contributed by atoms with Crippen LogP contribution in [0.5, 0.6) is 0 Å². The van der Waals surface area contributed by atoms with Gasteiger partial charge in [-0.05, 0) is 23.8 Å². The summed E-state index contributed by atoms with van der Waals surface area (Å²) in [7, 11) is 0. The van der Waals surface area contributed by atoms with Crippen LogP contribution in [0.15, 0.2) is 46.4 Å². The zero-order valence-electron chi connectivity index (χ0n) is 11.7. The number of hydrogen-bond donors (Lipinski definition) is 1. The molecule has 0 fully saturated rings. The highest BCUT2D eigenvalue weighted by atomic mass is 35.5. The molecular weight excluding hydrogens is 322 g/mol. The number of nitro groups is 1. The van der Waals surface area contributed by atoms with Crippen molar-refractivity contribution in [2.24, 2.45) is 0 Å². The third-order valence-corrected chi connectivity index (χ3v) is 3.06. The van der Waals surface area contributed by atoms with Crippen molar-refractivity contribution in [1.29, 1.82) is 5.26 Å². The van der Waals surface area contributed by atoms with Crippen LogP contribution in [0.1, 0.15) is 11.3 Å². The molecule has 2 rings (SSSR count). The van der Waals surface area contributed by atoms with Gasteiger partial charge in [0, 0.05) is 17.6 Å². The van der Waals surface area contributed by atoms with E-state index in [1.807, 2.05) is 0 Å². The van der Waals surface area contributed by atoms with Crippen LogP contribution in [-0.2, 0) is 11.3 Å². The van der Waals surface area contributed by atoms with Crippen LogP contribution < -0.4 is 5.32 Å². The molecule has 0 aliphatic rings. The number of nitriles is 1. The lowest BCUT2D eigenvalue weighted by Crippen LogP contribution is -2.23. The Balaban J connectivity index is 2.05. The Morgan fingerprint density at radius 1 is 1.35 bits per heavy atom. The van der Waals surface area contributed by atoms with Gasteiger partial charge in [-0.15, -0.1) is 0 Å². The molecule has 0 bridgehead atoms. The molecular formula is C15H10ClN3O4. The van der Waals surface area contributed by atoms with Crippen LogP contribution in [0.3, 0.4) is 0 Å². The van der Waals surface area contributed by atoms with E-state index in [9.17, 15) is 14.9 Å². The van der Waals surface area contributed by atoms with E-state index in [0.717, 1.165) is 17.7 Å². The second-order valence-corrected chi connectivity index (χ2v) is 4.85. The number of carbonyl (C=O) groups is 1. The zero-order chi connectivity index (χ0) is 16.8. The first-order chi connectivity index (χ1) is 11.0. The standard InChI is InChI=1S/C15H10ClN3O4/c16-12-3-1-10(2-4-12)9-18-15(20)11(8-17)7-13-5-6-14(23-13)19(21)22/h1-7H,9H2,(H,18,20)/b11-7+. The Hall–Kier alpha value is -3.11. The van der Waals surface area contributed by atoms with Crippen molar-refractivity contribution in [1.82, 2.24) is 5.32 Å². The van der Waals surface area contributed by atoms with Crippen LogP contribution in [0, 0.1) is 21.4 Å². The van der Waals surface area contributed by atoms with Gasteiger partial charge in [0.05, 0.1) is 6.07 Å². The molecule has 2 aromatic rings. The van der Waals surface area contributed by atoms with Crippen molar-refractivity contribution in [2.45, 2.75) is 6.54 Å². The van der Waals surface area contributed by atoms with Crippen molar-refractivity contribution >= 4 is 29.5 Å². The van der Waals surface area contributed by atoms with Crippen molar-refractivity contribution in [3.05, 3.63) is 68.4 Å². The molecule has 0 aliphatic heterocycles. The molecule has 7 nitrogen and oxygen atoms in total. The van der Waals surface area contributed by atoms with Crippen LogP contribution in [-0.4, -0.2) is 10.8 Å². The molecule has 0 radical (unpaired) electrons. The van der Waals surface area contributed by atoms with E-state index in [0.29, 0.717) is 5.02 Å². The number of carbonyl (C=O) groups excluding carboxylic acids is 1. The Morgan fingerprint density at radius 2 is 2.04 bits per heavy atom. The Bertz CT molecular complexity index is 803. The summed E-state index contributed by atoms with van der Waals surface area (Å²) in [5, 5.41) is 22.7. The minimum Gasteiger partial charge on any atom is -0.401 e. The highest BCUT2D eigenvalue weighted by Gasteiger charge is 2.14. The summed E-state index contributed by atoms with van der Waals surface area (Å²) in [5.74, 6) is -1.02. The molecule has 1 aromatic carbocycles. The van der Waals surface area contributed by atoms with E-state index in [1.165, 1.54) is 6.07 Å². The second-order valence-electron chi connectivity index (χ2n) is 4.41. The summed E-state index contributed by atoms with van der Waals surface area (Å²) in [6, 6.07) is 11.0. The average Bonchev–Trinajstić information content (AvgIpc) is 3.00. The van der Waals surface area contributed by atoms with E-state index < -0.39 is 16.7 Å². The number of benzene rings is 1. The summed E-state index contributed by atoms with van der Waals surface area (Å²) in [6.45, 7) is 0.216. The number of amides is 1. The fourth-order valence-corrected chi connectivity index (χ4v) is 1.81. The van der Waals surface area contributed by atoms with E-state index in [2.05, 4.69) is 5.32 Å². The number of furan rings is 1. The maximum atomic E-state index is 12.0. The first-order valence-corrected chi connectivity index (χ1v) is 6.76. The van der Waals surface area contributed by atoms with E-state index in [1.54, 1.807) is 30.3 Å². The number of rotatable bonds is 5. The van der Waals surface area contributed by atoms with Crippen LogP contribution >= 0.6 is 11.6 Å². The lowest BCUT2D eigenvalue weighted by molar-refractivity contribution is -0.402. The number of nitrogens with one attached hydrogen (secondary N) is 1. The molecule has 0 saturated heterocycles. The minimum atomic E-state index is -0.704. The molecule has 116 valence electrons. The molecule has 1 aromatic heterocycles. The number of halogens is 1. The molecule has 8 heteroatoms. The fraction of sp³-hybridized carbons (Fsp3) is 0.0667. The third kappa shape index (κ3) is 4.43.